The van der Waals surface area contributed by atoms with E-state index in [9.17, 15) is 13.2 Å². The summed E-state index contributed by atoms with van der Waals surface area (Å²) >= 11 is 3.38. The van der Waals surface area contributed by atoms with Crippen LogP contribution in [0.25, 0.3) is 0 Å². The van der Waals surface area contributed by atoms with E-state index in [1.807, 2.05) is 18.2 Å². The smallest absolute Gasteiger partial charge is 0.496 e. The van der Waals surface area contributed by atoms with Gasteiger partial charge in [0.2, 0.25) is 0 Å². The molecule has 0 amide bonds. The van der Waals surface area contributed by atoms with E-state index in [-0.39, 0.29) is 12.3 Å². The molecule has 0 aliphatic rings. The minimum atomic E-state index is -4.70. The Morgan fingerprint density at radius 2 is 1.70 bits per heavy atom. The number of hydrogen-bond donors (Lipinski definition) is 1. The van der Waals surface area contributed by atoms with Gasteiger partial charge in [0.25, 0.3) is 0 Å². The largest absolute Gasteiger partial charge is 0.573 e. The number of benzene rings is 2. The molecule has 7 heteroatoms. The van der Waals surface area contributed by atoms with Crippen LogP contribution in [-0.4, -0.2) is 13.5 Å². The quantitative estimate of drug-likeness (QED) is 0.779. The number of nitrogens with one attached hydrogen (secondary N) is 1. The minimum absolute atomic E-state index is 0.200. The molecule has 0 aliphatic carbocycles. The summed E-state index contributed by atoms with van der Waals surface area (Å²) in [5.41, 5.74) is 1.33. The van der Waals surface area contributed by atoms with Gasteiger partial charge in [-0.25, -0.2) is 0 Å². The van der Waals surface area contributed by atoms with Crippen molar-refractivity contribution in [2.24, 2.45) is 0 Å². The first-order valence-corrected chi connectivity index (χ1v) is 7.55. The van der Waals surface area contributed by atoms with Gasteiger partial charge in [-0.3, -0.25) is 0 Å². The molecule has 3 nitrogen and oxygen atoms in total. The number of ether oxygens (including phenoxy) is 2. The summed E-state index contributed by atoms with van der Waals surface area (Å²) in [6.07, 6.45) is -4.70. The van der Waals surface area contributed by atoms with Crippen molar-refractivity contribution < 1.29 is 22.6 Å². The average Bonchev–Trinajstić information content (AvgIpc) is 2.48. The molecule has 0 spiro atoms. The molecule has 2 aromatic rings. The molecule has 0 saturated heterocycles. The van der Waals surface area contributed by atoms with Gasteiger partial charge in [0, 0.05) is 28.7 Å². The molecular formula is C16H15BrF3NO2. The Morgan fingerprint density at radius 1 is 1.00 bits per heavy atom. The van der Waals surface area contributed by atoms with E-state index in [2.05, 4.69) is 26.0 Å². The molecule has 0 fully saturated rings. The highest BCUT2D eigenvalue weighted by molar-refractivity contribution is 9.10. The van der Waals surface area contributed by atoms with Gasteiger partial charge in [-0.15, -0.1) is 13.2 Å². The lowest BCUT2D eigenvalue weighted by atomic mass is 10.1. The van der Waals surface area contributed by atoms with E-state index in [4.69, 9.17) is 4.74 Å². The lowest BCUT2D eigenvalue weighted by Crippen LogP contribution is -2.20. The van der Waals surface area contributed by atoms with E-state index in [0.29, 0.717) is 17.9 Å². The van der Waals surface area contributed by atoms with E-state index >= 15 is 0 Å². The summed E-state index contributed by atoms with van der Waals surface area (Å²) in [4.78, 5) is 0. The zero-order valence-corrected chi connectivity index (χ0v) is 13.9. The summed E-state index contributed by atoms with van der Waals surface area (Å²) in [5, 5.41) is 3.10. The Morgan fingerprint density at radius 3 is 2.39 bits per heavy atom. The van der Waals surface area contributed by atoms with Crippen LogP contribution < -0.4 is 14.8 Å². The normalized spacial score (nSPS) is 11.3. The number of rotatable bonds is 6. The molecule has 0 heterocycles. The standard InChI is InChI=1S/C16H15BrF3NO2/c1-22-14-7-6-13(17)8-12(14)10-21-9-11-4-2-3-5-15(11)23-16(18,19)20/h2-8,21H,9-10H2,1H3. The molecule has 2 rings (SSSR count). The predicted octanol–water partition coefficient (Wildman–Crippen LogP) is 4.65. The lowest BCUT2D eigenvalue weighted by molar-refractivity contribution is -0.274. The van der Waals surface area contributed by atoms with Crippen molar-refractivity contribution in [2.45, 2.75) is 19.5 Å². The Balaban J connectivity index is 2.03. The third kappa shape index (κ3) is 5.44. The van der Waals surface area contributed by atoms with E-state index in [1.165, 1.54) is 12.1 Å². The molecule has 0 aromatic heterocycles. The van der Waals surface area contributed by atoms with Crippen LogP contribution in [0.4, 0.5) is 13.2 Å². The highest BCUT2D eigenvalue weighted by Crippen LogP contribution is 2.27. The van der Waals surface area contributed by atoms with E-state index in [0.717, 1.165) is 10.0 Å². The number of alkyl halides is 3. The summed E-state index contributed by atoms with van der Waals surface area (Å²) in [6.45, 7) is 0.685. The molecule has 124 valence electrons. The van der Waals surface area contributed by atoms with Gasteiger partial charge in [-0.05, 0) is 24.3 Å². The molecule has 0 radical (unpaired) electrons. The number of halogens is 4. The fraction of sp³-hybridized carbons (Fsp3) is 0.250. The van der Waals surface area contributed by atoms with E-state index in [1.54, 1.807) is 19.2 Å². The molecule has 0 aliphatic heterocycles. The van der Waals surface area contributed by atoms with Crippen LogP contribution in [0, 0.1) is 0 Å². The highest BCUT2D eigenvalue weighted by atomic mass is 79.9. The third-order valence-electron chi connectivity index (χ3n) is 3.07. The van der Waals surface area contributed by atoms with Gasteiger partial charge in [-0.1, -0.05) is 34.1 Å². The second kappa shape index (κ2) is 7.70. The maximum Gasteiger partial charge on any atom is 0.573 e. The van der Waals surface area contributed by atoms with Crippen LogP contribution in [0.5, 0.6) is 11.5 Å². The molecular weight excluding hydrogens is 375 g/mol. The van der Waals surface area contributed by atoms with Crippen molar-refractivity contribution in [1.82, 2.24) is 5.32 Å². The average molecular weight is 390 g/mol. The van der Waals surface area contributed by atoms with Gasteiger partial charge in [-0.2, -0.15) is 0 Å². The van der Waals surface area contributed by atoms with Gasteiger partial charge >= 0.3 is 6.36 Å². The van der Waals surface area contributed by atoms with Gasteiger partial charge in [0.15, 0.2) is 0 Å². The molecule has 0 atom stereocenters. The second-order valence-electron chi connectivity index (χ2n) is 4.72. The molecule has 2 aromatic carbocycles. The zero-order chi connectivity index (χ0) is 16.9. The first kappa shape index (κ1) is 17.6. The summed E-state index contributed by atoms with van der Waals surface area (Å²) in [5.74, 6) is 0.509. The Hall–Kier alpha value is -1.73. The van der Waals surface area contributed by atoms with Crippen LogP contribution in [0.1, 0.15) is 11.1 Å². The van der Waals surface area contributed by atoms with E-state index < -0.39 is 6.36 Å². The summed E-state index contributed by atoms with van der Waals surface area (Å²) in [7, 11) is 1.57. The first-order valence-electron chi connectivity index (χ1n) is 6.76. The maximum absolute atomic E-state index is 12.4. The van der Waals surface area contributed by atoms with Gasteiger partial charge < -0.3 is 14.8 Å². The summed E-state index contributed by atoms with van der Waals surface area (Å²) in [6, 6.07) is 11.6. The van der Waals surface area contributed by atoms with Crippen LogP contribution >= 0.6 is 15.9 Å². The Kier molecular flexibility index (Phi) is 5.90. The highest BCUT2D eigenvalue weighted by Gasteiger charge is 2.31. The summed E-state index contributed by atoms with van der Waals surface area (Å²) < 4.78 is 47.3. The van der Waals surface area contributed by atoms with Gasteiger partial charge in [0.1, 0.15) is 11.5 Å². The minimum Gasteiger partial charge on any atom is -0.496 e. The first-order chi connectivity index (χ1) is 10.9. The third-order valence-corrected chi connectivity index (χ3v) is 3.56. The van der Waals surface area contributed by atoms with Crippen LogP contribution in [-0.2, 0) is 13.1 Å². The molecule has 0 bridgehead atoms. The number of methoxy groups -OCH3 is 1. The van der Waals surface area contributed by atoms with Crippen LogP contribution in [0.15, 0.2) is 46.9 Å². The molecule has 1 N–H and O–H groups in total. The maximum atomic E-state index is 12.4. The Bertz CT molecular complexity index is 662. The SMILES string of the molecule is COc1ccc(Br)cc1CNCc1ccccc1OC(F)(F)F. The molecule has 0 unspecified atom stereocenters. The second-order valence-corrected chi connectivity index (χ2v) is 5.63. The molecule has 23 heavy (non-hydrogen) atoms. The van der Waals surface area contributed by atoms with Crippen molar-refractivity contribution in [2.75, 3.05) is 7.11 Å². The predicted molar refractivity (Wildman–Crippen MR) is 84.4 cm³/mol. The van der Waals surface area contributed by atoms with Crippen molar-refractivity contribution >= 4 is 15.9 Å². The molecule has 0 saturated carbocycles. The number of para-hydroxylation sites is 1. The van der Waals surface area contributed by atoms with Gasteiger partial charge in [0.05, 0.1) is 7.11 Å². The monoisotopic (exact) mass is 389 g/mol. The topological polar surface area (TPSA) is 30.5 Å². The fourth-order valence-corrected chi connectivity index (χ4v) is 2.50. The number of hydrogen-bond acceptors (Lipinski definition) is 3. The zero-order valence-electron chi connectivity index (χ0n) is 12.3. The fourth-order valence-electron chi connectivity index (χ4n) is 2.09. The van der Waals surface area contributed by atoms with Crippen molar-refractivity contribution in [1.29, 1.82) is 0 Å². The van der Waals surface area contributed by atoms with Crippen LogP contribution in [0.3, 0.4) is 0 Å². The van der Waals surface area contributed by atoms with Crippen molar-refractivity contribution in [3.8, 4) is 11.5 Å². The Labute approximate surface area is 140 Å². The lowest BCUT2D eigenvalue weighted by Gasteiger charge is -2.14. The van der Waals surface area contributed by atoms with Crippen molar-refractivity contribution in [3.63, 3.8) is 0 Å². The van der Waals surface area contributed by atoms with Crippen molar-refractivity contribution in [3.05, 3.63) is 58.1 Å². The van der Waals surface area contributed by atoms with Crippen LogP contribution in [0.2, 0.25) is 0 Å².